The maximum Gasteiger partial charge on any atom is 0.246 e. The molecule has 0 saturated carbocycles. The van der Waals surface area contributed by atoms with Crippen molar-refractivity contribution in [3.05, 3.63) is 85.5 Å². The lowest BCUT2D eigenvalue weighted by Gasteiger charge is -2.30. The number of ether oxygens (including phenoxy) is 1. The molecular formula is C26H25FN4O3. The highest BCUT2D eigenvalue weighted by molar-refractivity contribution is 5.89. The Kier molecular flexibility index (Phi) is 6.87. The second kappa shape index (κ2) is 10.2. The average molecular weight is 461 g/mol. The van der Waals surface area contributed by atoms with Crippen LogP contribution >= 0.6 is 0 Å². The SMILES string of the molecule is C=CC(=O)N1CCC(N(C=O)c2ccncc2N(C)c2ccc(Oc3ccccc3)c(F)c2)C1. The summed E-state index contributed by atoms with van der Waals surface area (Å²) in [5.41, 5.74) is 1.81. The zero-order chi connectivity index (χ0) is 24.1. The molecule has 1 atom stereocenters. The summed E-state index contributed by atoms with van der Waals surface area (Å²) in [4.78, 5) is 33.3. The van der Waals surface area contributed by atoms with E-state index in [9.17, 15) is 14.0 Å². The molecule has 4 rings (SSSR count). The number of aromatic nitrogens is 1. The first-order valence-electron chi connectivity index (χ1n) is 10.9. The zero-order valence-electron chi connectivity index (χ0n) is 18.8. The molecule has 7 nitrogen and oxygen atoms in total. The highest BCUT2D eigenvalue weighted by Gasteiger charge is 2.31. The van der Waals surface area contributed by atoms with Crippen LogP contribution in [0.5, 0.6) is 11.5 Å². The van der Waals surface area contributed by atoms with Gasteiger partial charge in [-0.25, -0.2) is 4.39 Å². The molecule has 0 spiro atoms. The zero-order valence-corrected chi connectivity index (χ0v) is 18.8. The first kappa shape index (κ1) is 23.0. The minimum absolute atomic E-state index is 0.113. The van der Waals surface area contributed by atoms with Gasteiger partial charge in [-0.05, 0) is 42.8 Å². The quantitative estimate of drug-likeness (QED) is 0.365. The molecule has 1 unspecified atom stereocenters. The summed E-state index contributed by atoms with van der Waals surface area (Å²) in [6.45, 7) is 4.49. The summed E-state index contributed by atoms with van der Waals surface area (Å²) < 4.78 is 20.5. The number of para-hydroxylation sites is 1. The lowest BCUT2D eigenvalue weighted by atomic mass is 10.2. The summed E-state index contributed by atoms with van der Waals surface area (Å²) in [5, 5.41) is 0. The average Bonchev–Trinajstić information content (AvgIpc) is 3.36. The third-order valence-electron chi connectivity index (χ3n) is 5.85. The Morgan fingerprint density at radius 1 is 1.21 bits per heavy atom. The molecule has 2 amide bonds. The number of pyridine rings is 1. The van der Waals surface area contributed by atoms with E-state index in [0.29, 0.717) is 42.3 Å². The Labute approximate surface area is 197 Å². The number of amides is 2. The van der Waals surface area contributed by atoms with Gasteiger partial charge in [0.05, 0.1) is 23.6 Å². The maximum atomic E-state index is 14.9. The van der Waals surface area contributed by atoms with Gasteiger partial charge in [0.15, 0.2) is 11.6 Å². The second-order valence-electron chi connectivity index (χ2n) is 7.90. The lowest BCUT2D eigenvalue weighted by molar-refractivity contribution is -0.125. The predicted molar refractivity (Wildman–Crippen MR) is 129 cm³/mol. The van der Waals surface area contributed by atoms with E-state index in [-0.39, 0.29) is 17.7 Å². The van der Waals surface area contributed by atoms with Gasteiger partial charge in [-0.15, -0.1) is 0 Å². The smallest absolute Gasteiger partial charge is 0.246 e. The van der Waals surface area contributed by atoms with Crippen molar-refractivity contribution in [1.29, 1.82) is 0 Å². The van der Waals surface area contributed by atoms with E-state index < -0.39 is 5.82 Å². The minimum atomic E-state index is -0.514. The summed E-state index contributed by atoms with van der Waals surface area (Å²) in [6, 6.07) is 15.2. The van der Waals surface area contributed by atoms with Crippen molar-refractivity contribution in [2.45, 2.75) is 12.5 Å². The van der Waals surface area contributed by atoms with Crippen LogP contribution in [-0.4, -0.2) is 48.4 Å². The van der Waals surface area contributed by atoms with Gasteiger partial charge < -0.3 is 19.4 Å². The normalized spacial score (nSPS) is 15.0. The number of carbonyl (C=O) groups excluding carboxylic acids is 2. The van der Waals surface area contributed by atoms with Crippen molar-refractivity contribution in [3.63, 3.8) is 0 Å². The predicted octanol–water partition coefficient (Wildman–Crippen LogP) is 4.53. The van der Waals surface area contributed by atoms with Crippen molar-refractivity contribution in [1.82, 2.24) is 9.88 Å². The molecule has 8 heteroatoms. The molecule has 34 heavy (non-hydrogen) atoms. The number of hydrogen-bond donors (Lipinski definition) is 0. The number of hydrogen-bond acceptors (Lipinski definition) is 5. The Balaban J connectivity index is 1.58. The third kappa shape index (κ3) is 4.76. The molecule has 0 bridgehead atoms. The van der Waals surface area contributed by atoms with Gasteiger partial charge in [0.1, 0.15) is 5.75 Å². The largest absolute Gasteiger partial charge is 0.454 e. The topological polar surface area (TPSA) is 66.0 Å². The molecule has 1 saturated heterocycles. The van der Waals surface area contributed by atoms with Crippen molar-refractivity contribution < 1.29 is 18.7 Å². The molecule has 2 aromatic carbocycles. The molecular weight excluding hydrogens is 435 g/mol. The molecule has 1 aromatic heterocycles. The van der Waals surface area contributed by atoms with Gasteiger partial charge in [0, 0.05) is 38.1 Å². The first-order chi connectivity index (χ1) is 16.5. The van der Waals surface area contributed by atoms with E-state index in [1.54, 1.807) is 64.5 Å². The number of benzene rings is 2. The van der Waals surface area contributed by atoms with Gasteiger partial charge in [-0.2, -0.15) is 0 Å². The summed E-state index contributed by atoms with van der Waals surface area (Å²) in [6.07, 6.45) is 5.90. The molecule has 1 aliphatic heterocycles. The van der Waals surface area contributed by atoms with E-state index in [2.05, 4.69) is 11.6 Å². The van der Waals surface area contributed by atoms with Crippen LogP contribution in [-0.2, 0) is 9.59 Å². The van der Waals surface area contributed by atoms with Crippen LogP contribution in [0.15, 0.2) is 79.6 Å². The van der Waals surface area contributed by atoms with Gasteiger partial charge in [-0.1, -0.05) is 24.8 Å². The Morgan fingerprint density at radius 2 is 2.00 bits per heavy atom. The van der Waals surface area contributed by atoms with Crippen LogP contribution in [0.4, 0.5) is 21.5 Å². The third-order valence-corrected chi connectivity index (χ3v) is 5.85. The number of carbonyl (C=O) groups is 2. The summed E-state index contributed by atoms with van der Waals surface area (Å²) in [7, 11) is 1.78. The number of likely N-dealkylation sites (tertiary alicyclic amines) is 1. The standard InChI is InChI=1S/C26H25FN4O3/c1-3-26(33)30-14-12-20(17-30)31(18-32)23-11-13-28-16-24(23)29(2)19-9-10-25(22(27)15-19)34-21-7-5-4-6-8-21/h3-11,13,15-16,18,20H,1,12,14,17H2,2H3. The van der Waals surface area contributed by atoms with Gasteiger partial charge in [0.25, 0.3) is 0 Å². The molecule has 0 radical (unpaired) electrons. The van der Waals surface area contributed by atoms with Crippen LogP contribution in [0, 0.1) is 5.82 Å². The molecule has 0 N–H and O–H groups in total. The lowest BCUT2D eigenvalue weighted by Crippen LogP contribution is -2.38. The van der Waals surface area contributed by atoms with E-state index in [1.807, 2.05) is 18.2 Å². The molecule has 1 aliphatic rings. The molecule has 0 aliphatic carbocycles. The molecule has 2 heterocycles. The monoisotopic (exact) mass is 460 g/mol. The molecule has 1 fully saturated rings. The fourth-order valence-electron chi connectivity index (χ4n) is 4.03. The Bertz CT molecular complexity index is 1190. The number of nitrogens with zero attached hydrogens (tertiary/aromatic N) is 4. The van der Waals surface area contributed by atoms with Gasteiger partial charge >= 0.3 is 0 Å². The second-order valence-corrected chi connectivity index (χ2v) is 7.90. The Hall–Kier alpha value is -4.20. The minimum Gasteiger partial charge on any atom is -0.454 e. The fourth-order valence-corrected chi connectivity index (χ4v) is 4.03. The molecule has 174 valence electrons. The molecule has 3 aromatic rings. The van der Waals surface area contributed by atoms with Crippen molar-refractivity contribution in [2.75, 3.05) is 29.9 Å². The van der Waals surface area contributed by atoms with Crippen molar-refractivity contribution in [2.24, 2.45) is 0 Å². The summed E-state index contributed by atoms with van der Waals surface area (Å²) in [5.74, 6) is -0.0182. The van der Waals surface area contributed by atoms with Crippen molar-refractivity contribution in [3.8, 4) is 11.5 Å². The fraction of sp³-hybridized carbons (Fsp3) is 0.192. The van der Waals surface area contributed by atoms with Crippen LogP contribution < -0.4 is 14.5 Å². The Morgan fingerprint density at radius 3 is 2.71 bits per heavy atom. The van der Waals surface area contributed by atoms with Crippen LogP contribution in [0.1, 0.15) is 6.42 Å². The highest BCUT2D eigenvalue weighted by Crippen LogP contribution is 2.36. The van der Waals surface area contributed by atoms with E-state index >= 15 is 0 Å². The van der Waals surface area contributed by atoms with E-state index in [1.165, 1.54) is 12.1 Å². The van der Waals surface area contributed by atoms with Gasteiger partial charge in [-0.3, -0.25) is 14.6 Å². The van der Waals surface area contributed by atoms with Crippen LogP contribution in [0.3, 0.4) is 0 Å². The van der Waals surface area contributed by atoms with Crippen LogP contribution in [0.2, 0.25) is 0 Å². The van der Waals surface area contributed by atoms with E-state index in [0.717, 1.165) is 6.41 Å². The highest BCUT2D eigenvalue weighted by atomic mass is 19.1. The van der Waals surface area contributed by atoms with E-state index in [4.69, 9.17) is 4.74 Å². The first-order valence-corrected chi connectivity index (χ1v) is 10.9. The van der Waals surface area contributed by atoms with Gasteiger partial charge in [0.2, 0.25) is 12.3 Å². The number of halogens is 1. The number of rotatable bonds is 8. The summed E-state index contributed by atoms with van der Waals surface area (Å²) >= 11 is 0. The maximum absolute atomic E-state index is 14.9. The van der Waals surface area contributed by atoms with Crippen LogP contribution in [0.25, 0.3) is 0 Å². The van der Waals surface area contributed by atoms with Crippen molar-refractivity contribution >= 4 is 29.4 Å². The number of anilines is 3.